The second-order valence-corrected chi connectivity index (χ2v) is 7.41. The number of hydrogen-bond donors (Lipinski definition) is 5. The second-order valence-electron chi connectivity index (χ2n) is 5.85. The first-order chi connectivity index (χ1) is 12.2. The number of rotatable bonds is 4. The van der Waals surface area contributed by atoms with Gasteiger partial charge in [-0.1, -0.05) is 17.3 Å². The van der Waals surface area contributed by atoms with E-state index in [4.69, 9.17) is 9.88 Å². The molecular formula is C14H18N4O7S. The minimum absolute atomic E-state index is 0.0758. The molecule has 12 heteroatoms. The van der Waals surface area contributed by atoms with Gasteiger partial charge in [-0.05, 0) is 12.1 Å². The average Bonchev–Trinajstić information content (AvgIpc) is 3.09. The van der Waals surface area contributed by atoms with Gasteiger partial charge in [0.15, 0.2) is 6.23 Å². The fraction of sp³-hybridized carbons (Fsp3) is 0.429. The van der Waals surface area contributed by atoms with Crippen LogP contribution in [0.2, 0.25) is 0 Å². The molecule has 0 bridgehead atoms. The molecule has 1 saturated heterocycles. The summed E-state index contributed by atoms with van der Waals surface area (Å²) in [6.07, 6.45) is -5.55. The summed E-state index contributed by atoms with van der Waals surface area (Å²) in [7, 11) is -3.84. The van der Waals surface area contributed by atoms with E-state index in [1.165, 1.54) is 35.1 Å². The quantitative estimate of drug-likeness (QED) is 0.381. The lowest BCUT2D eigenvalue weighted by Crippen LogP contribution is -2.56. The van der Waals surface area contributed by atoms with Crippen molar-refractivity contribution < 1.29 is 33.6 Å². The van der Waals surface area contributed by atoms with Crippen molar-refractivity contribution in [2.45, 2.75) is 35.5 Å². The summed E-state index contributed by atoms with van der Waals surface area (Å²) >= 11 is 0. The number of nitrogens with zero attached hydrogens (tertiary/aromatic N) is 3. The Labute approximate surface area is 148 Å². The zero-order chi connectivity index (χ0) is 19.1. The fourth-order valence-corrected chi connectivity index (χ4v) is 3.25. The standard InChI is InChI=1S/C14H18N4O7S/c15-26(23,24)8-3-1-7(2-4-8)9-5-16-17-18(9)14-13(22)12(21)11(20)10(6-19)25-14/h1-5,10-14,19-22H,6H2,(H2,15,23,24)/t10-,11+,12+,13-,14-/m1/s1. The largest absolute Gasteiger partial charge is 0.394 e. The van der Waals surface area contributed by atoms with E-state index in [0.717, 1.165) is 0 Å². The second kappa shape index (κ2) is 7.00. The van der Waals surface area contributed by atoms with Crippen LogP contribution in [-0.2, 0) is 14.8 Å². The molecule has 2 heterocycles. The molecule has 1 aliphatic heterocycles. The predicted molar refractivity (Wildman–Crippen MR) is 85.8 cm³/mol. The van der Waals surface area contributed by atoms with E-state index in [1.807, 2.05) is 0 Å². The monoisotopic (exact) mass is 386 g/mol. The number of primary sulfonamides is 1. The lowest BCUT2D eigenvalue weighted by Gasteiger charge is -2.40. The Bertz CT molecular complexity index is 868. The highest BCUT2D eigenvalue weighted by Gasteiger charge is 2.45. The van der Waals surface area contributed by atoms with Gasteiger partial charge in [-0.2, -0.15) is 0 Å². The van der Waals surface area contributed by atoms with Gasteiger partial charge in [-0.25, -0.2) is 18.2 Å². The van der Waals surface area contributed by atoms with Crippen LogP contribution in [0.5, 0.6) is 0 Å². The van der Waals surface area contributed by atoms with Crippen LogP contribution in [-0.4, -0.2) is 74.9 Å². The molecule has 11 nitrogen and oxygen atoms in total. The molecule has 26 heavy (non-hydrogen) atoms. The summed E-state index contributed by atoms with van der Waals surface area (Å²) in [5.41, 5.74) is 0.856. The zero-order valence-electron chi connectivity index (χ0n) is 13.3. The Kier molecular flexibility index (Phi) is 5.07. The summed E-state index contributed by atoms with van der Waals surface area (Å²) in [4.78, 5) is -0.0758. The van der Waals surface area contributed by atoms with Crippen molar-refractivity contribution >= 4 is 10.0 Å². The van der Waals surface area contributed by atoms with E-state index >= 15 is 0 Å². The molecule has 142 valence electrons. The SMILES string of the molecule is NS(=O)(=O)c1ccc(-c2cnnn2[C@@H]2O[C@H](CO)[C@H](O)[C@H](O)[C@H]2O)cc1. The van der Waals surface area contributed by atoms with Crippen molar-refractivity contribution in [2.24, 2.45) is 5.14 Å². The van der Waals surface area contributed by atoms with Crippen molar-refractivity contribution in [1.29, 1.82) is 0 Å². The van der Waals surface area contributed by atoms with Crippen molar-refractivity contribution in [3.63, 3.8) is 0 Å². The fourth-order valence-electron chi connectivity index (χ4n) is 2.74. The summed E-state index contributed by atoms with van der Waals surface area (Å²) in [6, 6.07) is 5.54. The average molecular weight is 386 g/mol. The number of aliphatic hydroxyl groups excluding tert-OH is 4. The van der Waals surface area contributed by atoms with E-state index in [1.54, 1.807) is 0 Å². The number of benzene rings is 1. The van der Waals surface area contributed by atoms with Gasteiger partial charge in [-0.3, -0.25) is 0 Å². The minimum atomic E-state index is -3.84. The molecular weight excluding hydrogens is 368 g/mol. The molecule has 1 aliphatic rings. The molecule has 0 aliphatic carbocycles. The van der Waals surface area contributed by atoms with Crippen LogP contribution in [0.1, 0.15) is 6.23 Å². The van der Waals surface area contributed by atoms with E-state index in [9.17, 15) is 28.8 Å². The predicted octanol–water partition coefficient (Wildman–Crippen LogP) is -2.44. The molecule has 2 aromatic rings. The highest BCUT2D eigenvalue weighted by molar-refractivity contribution is 7.89. The van der Waals surface area contributed by atoms with E-state index in [2.05, 4.69) is 10.3 Å². The summed E-state index contributed by atoms with van der Waals surface area (Å²) in [6.45, 7) is -0.575. The van der Waals surface area contributed by atoms with Crippen LogP contribution < -0.4 is 5.14 Å². The smallest absolute Gasteiger partial charge is 0.238 e. The number of sulfonamides is 1. The first-order valence-electron chi connectivity index (χ1n) is 7.58. The van der Waals surface area contributed by atoms with Crippen LogP contribution in [0.15, 0.2) is 35.4 Å². The number of hydrogen-bond acceptors (Lipinski definition) is 9. The third-order valence-electron chi connectivity index (χ3n) is 4.16. The third kappa shape index (κ3) is 3.35. The number of ether oxygens (including phenoxy) is 1. The lowest BCUT2D eigenvalue weighted by atomic mass is 9.98. The molecule has 0 amide bonds. The van der Waals surface area contributed by atoms with Gasteiger partial charge in [0.1, 0.15) is 24.4 Å². The van der Waals surface area contributed by atoms with Crippen molar-refractivity contribution in [3.8, 4) is 11.3 Å². The topological polar surface area (TPSA) is 181 Å². The van der Waals surface area contributed by atoms with Crippen LogP contribution in [0.3, 0.4) is 0 Å². The van der Waals surface area contributed by atoms with Crippen molar-refractivity contribution in [3.05, 3.63) is 30.5 Å². The van der Waals surface area contributed by atoms with Gasteiger partial charge in [0.25, 0.3) is 0 Å². The summed E-state index contributed by atoms with van der Waals surface area (Å²) in [5.74, 6) is 0. The maximum Gasteiger partial charge on any atom is 0.238 e. The minimum Gasteiger partial charge on any atom is -0.394 e. The van der Waals surface area contributed by atoms with Crippen molar-refractivity contribution in [2.75, 3.05) is 6.61 Å². The van der Waals surface area contributed by atoms with Gasteiger partial charge in [-0.15, -0.1) is 5.10 Å². The zero-order valence-corrected chi connectivity index (χ0v) is 14.1. The maximum atomic E-state index is 11.3. The summed E-state index contributed by atoms with van der Waals surface area (Å²) in [5, 5.41) is 51.9. The normalized spacial score (nSPS) is 29.7. The lowest BCUT2D eigenvalue weighted by molar-refractivity contribution is -0.253. The number of aromatic nitrogens is 3. The van der Waals surface area contributed by atoms with Crippen LogP contribution in [0.4, 0.5) is 0 Å². The number of nitrogens with two attached hydrogens (primary N) is 1. The Morgan fingerprint density at radius 3 is 2.35 bits per heavy atom. The summed E-state index contributed by atoms with van der Waals surface area (Å²) < 4.78 is 29.3. The Balaban J connectivity index is 1.95. The van der Waals surface area contributed by atoms with Crippen molar-refractivity contribution in [1.82, 2.24) is 15.0 Å². The Hall–Kier alpha value is -1.93. The maximum absolute atomic E-state index is 11.3. The van der Waals surface area contributed by atoms with Crippen LogP contribution >= 0.6 is 0 Å². The van der Waals surface area contributed by atoms with E-state index < -0.39 is 47.3 Å². The van der Waals surface area contributed by atoms with Crippen LogP contribution in [0, 0.1) is 0 Å². The first-order valence-corrected chi connectivity index (χ1v) is 9.12. The Morgan fingerprint density at radius 2 is 1.77 bits per heavy atom. The highest BCUT2D eigenvalue weighted by atomic mass is 32.2. The molecule has 0 saturated carbocycles. The Morgan fingerprint density at radius 1 is 1.12 bits per heavy atom. The van der Waals surface area contributed by atoms with E-state index in [0.29, 0.717) is 11.3 Å². The highest BCUT2D eigenvalue weighted by Crippen LogP contribution is 2.31. The molecule has 0 spiro atoms. The third-order valence-corrected chi connectivity index (χ3v) is 5.09. The number of aliphatic hydroxyl groups is 4. The molecule has 0 unspecified atom stereocenters. The first kappa shape index (κ1) is 18.8. The van der Waals surface area contributed by atoms with Crippen LogP contribution in [0.25, 0.3) is 11.3 Å². The van der Waals surface area contributed by atoms with E-state index in [-0.39, 0.29) is 4.90 Å². The van der Waals surface area contributed by atoms with Gasteiger partial charge in [0.05, 0.1) is 23.4 Å². The molecule has 5 atom stereocenters. The molecule has 6 N–H and O–H groups in total. The molecule has 3 rings (SSSR count). The van der Waals surface area contributed by atoms with Gasteiger partial charge >= 0.3 is 0 Å². The molecule has 0 radical (unpaired) electrons. The van der Waals surface area contributed by atoms with Gasteiger partial charge < -0.3 is 25.2 Å². The molecule has 1 fully saturated rings. The molecule has 1 aromatic carbocycles. The van der Waals surface area contributed by atoms with Gasteiger partial charge in [0.2, 0.25) is 10.0 Å². The molecule has 1 aromatic heterocycles. The van der Waals surface area contributed by atoms with Gasteiger partial charge in [0, 0.05) is 5.56 Å².